The Bertz CT molecular complexity index is 893. The summed E-state index contributed by atoms with van der Waals surface area (Å²) in [5.74, 6) is 0.659. The zero-order valence-electron chi connectivity index (χ0n) is 13.2. The standard InChI is InChI=1S/C17H19N3OS/c1-10-14-16(21)18-11(2)19-17(14)22-15(10)13-7-5-6-12(8-13)9-20(3)4/h5-8H,9H2,1-4H3,(H,18,19,21). The summed E-state index contributed by atoms with van der Waals surface area (Å²) in [4.78, 5) is 23.5. The van der Waals surface area contributed by atoms with Gasteiger partial charge in [-0.2, -0.15) is 0 Å². The molecule has 0 aliphatic rings. The first-order valence-corrected chi connectivity index (χ1v) is 8.01. The molecule has 0 amide bonds. The summed E-state index contributed by atoms with van der Waals surface area (Å²) >= 11 is 1.59. The minimum absolute atomic E-state index is 0.0491. The summed E-state index contributed by atoms with van der Waals surface area (Å²) < 4.78 is 0. The second-order valence-electron chi connectivity index (χ2n) is 5.83. The third kappa shape index (κ3) is 2.69. The molecule has 3 aromatic rings. The van der Waals surface area contributed by atoms with E-state index in [1.54, 1.807) is 11.3 Å². The highest BCUT2D eigenvalue weighted by molar-refractivity contribution is 7.22. The average molecular weight is 313 g/mol. The molecule has 0 bridgehead atoms. The van der Waals surface area contributed by atoms with Crippen molar-refractivity contribution in [2.45, 2.75) is 20.4 Å². The second-order valence-corrected chi connectivity index (χ2v) is 6.82. The number of H-pyrrole nitrogens is 1. The summed E-state index contributed by atoms with van der Waals surface area (Å²) in [7, 11) is 4.12. The number of thiophene rings is 1. The Morgan fingerprint density at radius 3 is 2.77 bits per heavy atom. The van der Waals surface area contributed by atoms with Gasteiger partial charge in [0.15, 0.2) is 0 Å². The molecule has 0 atom stereocenters. The Morgan fingerprint density at radius 2 is 2.05 bits per heavy atom. The lowest BCUT2D eigenvalue weighted by Crippen LogP contribution is -2.10. The number of nitrogens with one attached hydrogen (secondary N) is 1. The lowest BCUT2D eigenvalue weighted by Gasteiger charge is -2.10. The number of fused-ring (bicyclic) bond motifs is 1. The molecule has 1 N–H and O–H groups in total. The number of hydrogen-bond acceptors (Lipinski definition) is 4. The molecule has 1 aromatic carbocycles. The lowest BCUT2D eigenvalue weighted by atomic mass is 10.1. The molecule has 2 aromatic heterocycles. The van der Waals surface area contributed by atoms with Crippen molar-refractivity contribution in [3.05, 3.63) is 51.6 Å². The van der Waals surface area contributed by atoms with Crippen LogP contribution >= 0.6 is 11.3 Å². The lowest BCUT2D eigenvalue weighted by molar-refractivity contribution is 0.402. The van der Waals surface area contributed by atoms with Gasteiger partial charge in [0.25, 0.3) is 5.56 Å². The Morgan fingerprint density at radius 1 is 1.27 bits per heavy atom. The normalized spacial score (nSPS) is 11.5. The van der Waals surface area contributed by atoms with E-state index in [2.05, 4.69) is 53.2 Å². The van der Waals surface area contributed by atoms with Gasteiger partial charge in [-0.15, -0.1) is 11.3 Å². The highest BCUT2D eigenvalue weighted by atomic mass is 32.1. The van der Waals surface area contributed by atoms with Crippen molar-refractivity contribution in [3.8, 4) is 10.4 Å². The van der Waals surface area contributed by atoms with E-state index in [4.69, 9.17) is 0 Å². The molecule has 0 unspecified atom stereocenters. The van der Waals surface area contributed by atoms with Crippen LogP contribution in [0.3, 0.4) is 0 Å². The largest absolute Gasteiger partial charge is 0.310 e. The topological polar surface area (TPSA) is 49.0 Å². The molecule has 22 heavy (non-hydrogen) atoms. The van der Waals surface area contributed by atoms with E-state index < -0.39 is 0 Å². The molecule has 3 rings (SSSR count). The van der Waals surface area contributed by atoms with Crippen molar-refractivity contribution in [1.29, 1.82) is 0 Å². The quantitative estimate of drug-likeness (QED) is 0.807. The van der Waals surface area contributed by atoms with Crippen molar-refractivity contribution in [2.24, 2.45) is 0 Å². The summed E-state index contributed by atoms with van der Waals surface area (Å²) in [6, 6.07) is 8.49. The van der Waals surface area contributed by atoms with E-state index in [1.165, 1.54) is 5.56 Å². The Kier molecular flexibility index (Phi) is 3.85. The van der Waals surface area contributed by atoms with E-state index >= 15 is 0 Å². The Hall–Kier alpha value is -1.98. The van der Waals surface area contributed by atoms with Gasteiger partial charge < -0.3 is 9.88 Å². The smallest absolute Gasteiger partial charge is 0.259 e. The van der Waals surface area contributed by atoms with Gasteiger partial charge in [-0.1, -0.05) is 18.2 Å². The fraction of sp³-hybridized carbons (Fsp3) is 0.294. The third-order valence-corrected chi connectivity index (χ3v) is 4.84. The predicted molar refractivity (Wildman–Crippen MR) is 92.5 cm³/mol. The average Bonchev–Trinajstić information content (AvgIpc) is 2.75. The van der Waals surface area contributed by atoms with Gasteiger partial charge in [-0.05, 0) is 50.7 Å². The van der Waals surface area contributed by atoms with Crippen molar-refractivity contribution in [1.82, 2.24) is 14.9 Å². The number of aromatic nitrogens is 2. The first-order valence-electron chi connectivity index (χ1n) is 7.20. The van der Waals surface area contributed by atoms with Crippen LogP contribution in [-0.2, 0) is 6.54 Å². The van der Waals surface area contributed by atoms with Crippen molar-refractivity contribution >= 4 is 21.6 Å². The van der Waals surface area contributed by atoms with Crippen LogP contribution in [0.25, 0.3) is 20.7 Å². The molecular formula is C17H19N3OS. The van der Waals surface area contributed by atoms with Crippen LogP contribution in [0, 0.1) is 13.8 Å². The van der Waals surface area contributed by atoms with Crippen molar-refractivity contribution in [2.75, 3.05) is 14.1 Å². The number of rotatable bonds is 3. The third-order valence-electron chi connectivity index (χ3n) is 3.61. The maximum atomic E-state index is 12.2. The van der Waals surface area contributed by atoms with Gasteiger partial charge in [-0.25, -0.2) is 4.98 Å². The number of aryl methyl sites for hydroxylation is 2. The monoisotopic (exact) mass is 313 g/mol. The zero-order chi connectivity index (χ0) is 15.9. The summed E-state index contributed by atoms with van der Waals surface area (Å²) in [6.07, 6.45) is 0. The summed E-state index contributed by atoms with van der Waals surface area (Å²) in [5, 5.41) is 0.712. The Labute approximate surface area is 133 Å². The maximum absolute atomic E-state index is 12.2. The van der Waals surface area contributed by atoms with Gasteiger partial charge in [-0.3, -0.25) is 4.79 Å². The van der Waals surface area contributed by atoms with E-state index in [0.717, 1.165) is 27.4 Å². The molecule has 0 fully saturated rings. The van der Waals surface area contributed by atoms with E-state index in [1.807, 2.05) is 13.8 Å². The maximum Gasteiger partial charge on any atom is 0.259 e. The fourth-order valence-electron chi connectivity index (χ4n) is 2.70. The molecule has 0 saturated heterocycles. The van der Waals surface area contributed by atoms with Crippen LogP contribution in [0.4, 0.5) is 0 Å². The van der Waals surface area contributed by atoms with Gasteiger partial charge in [0.2, 0.25) is 0 Å². The summed E-state index contributed by atoms with van der Waals surface area (Å²) in [6.45, 7) is 4.71. The highest BCUT2D eigenvalue weighted by Crippen LogP contribution is 2.35. The highest BCUT2D eigenvalue weighted by Gasteiger charge is 2.15. The van der Waals surface area contributed by atoms with Crippen LogP contribution < -0.4 is 5.56 Å². The minimum atomic E-state index is -0.0491. The first-order chi connectivity index (χ1) is 10.5. The predicted octanol–water partition coefficient (Wildman–Crippen LogP) is 3.33. The minimum Gasteiger partial charge on any atom is -0.310 e. The van der Waals surface area contributed by atoms with Crippen LogP contribution in [0.2, 0.25) is 0 Å². The number of nitrogens with zero attached hydrogens (tertiary/aromatic N) is 2. The molecular weight excluding hydrogens is 294 g/mol. The van der Waals surface area contributed by atoms with Crippen LogP contribution in [-0.4, -0.2) is 29.0 Å². The fourth-order valence-corrected chi connectivity index (χ4v) is 3.93. The van der Waals surface area contributed by atoms with Gasteiger partial charge >= 0.3 is 0 Å². The molecule has 0 radical (unpaired) electrons. The molecule has 0 aliphatic heterocycles. The van der Waals surface area contributed by atoms with Crippen LogP contribution in [0.1, 0.15) is 17.0 Å². The van der Waals surface area contributed by atoms with Gasteiger partial charge in [0.1, 0.15) is 10.7 Å². The van der Waals surface area contributed by atoms with E-state index in [0.29, 0.717) is 11.2 Å². The van der Waals surface area contributed by atoms with Gasteiger partial charge in [0, 0.05) is 11.4 Å². The SMILES string of the molecule is Cc1nc2sc(-c3cccc(CN(C)C)c3)c(C)c2c(=O)[nH]1. The van der Waals surface area contributed by atoms with E-state index in [9.17, 15) is 4.79 Å². The molecule has 0 aliphatic carbocycles. The molecule has 2 heterocycles. The van der Waals surface area contributed by atoms with Crippen molar-refractivity contribution in [3.63, 3.8) is 0 Å². The van der Waals surface area contributed by atoms with Crippen molar-refractivity contribution < 1.29 is 0 Å². The van der Waals surface area contributed by atoms with Gasteiger partial charge in [0.05, 0.1) is 5.39 Å². The molecule has 0 spiro atoms. The van der Waals surface area contributed by atoms with E-state index in [-0.39, 0.29) is 5.56 Å². The zero-order valence-corrected chi connectivity index (χ0v) is 14.0. The number of hydrogen-bond donors (Lipinski definition) is 1. The summed E-state index contributed by atoms with van der Waals surface area (Å²) in [5.41, 5.74) is 3.37. The second kappa shape index (κ2) is 5.66. The van der Waals surface area contributed by atoms with Crippen LogP contribution in [0.15, 0.2) is 29.1 Å². The molecule has 0 saturated carbocycles. The molecule has 114 valence electrons. The Balaban J connectivity index is 2.16. The molecule has 4 nitrogen and oxygen atoms in total. The van der Waals surface area contributed by atoms with Crippen LogP contribution in [0.5, 0.6) is 0 Å². The molecule has 5 heteroatoms. The first kappa shape index (κ1) is 14.9. The number of benzene rings is 1. The number of aromatic amines is 1.